The van der Waals surface area contributed by atoms with Crippen molar-refractivity contribution in [1.82, 2.24) is 19.1 Å². The molecule has 1 aromatic heterocycles. The molecule has 0 N–H and O–H groups in total. The molecule has 2 aliphatic heterocycles. The van der Waals surface area contributed by atoms with Gasteiger partial charge in [-0.15, -0.1) is 0 Å². The van der Waals surface area contributed by atoms with Crippen LogP contribution < -0.4 is 4.74 Å². The van der Waals surface area contributed by atoms with Gasteiger partial charge >= 0.3 is 12.7 Å². The van der Waals surface area contributed by atoms with Crippen LogP contribution in [0.2, 0.25) is 0 Å². The van der Waals surface area contributed by atoms with Gasteiger partial charge in [0.1, 0.15) is 11.9 Å². The standard InChI is InChI=1S/C15H17F2N3OS.C9H15NO3/c1-19-7-9-20(10-8-19)22-13-4-2-3-12-11(13)5-6-18-14(12)21-15(16)17;1-9(2,3)13-8(12)10-4-7(5-10)6-11/h2-6,15H,7-10H2,1H3;6-7H,4-5H2,1-3H3. The van der Waals surface area contributed by atoms with Gasteiger partial charge in [-0.1, -0.05) is 6.07 Å². The Balaban J connectivity index is 0.000000225. The second-order valence-corrected chi connectivity index (χ2v) is 10.6. The number of nitrogens with zero attached hydrogens (tertiary/aromatic N) is 4. The zero-order valence-electron chi connectivity index (χ0n) is 20.4. The topological polar surface area (TPSA) is 75.2 Å². The van der Waals surface area contributed by atoms with E-state index in [0.717, 1.165) is 42.7 Å². The monoisotopic (exact) mass is 510 g/mol. The van der Waals surface area contributed by atoms with Crippen molar-refractivity contribution in [1.29, 1.82) is 0 Å². The molecule has 2 fully saturated rings. The first-order valence-electron chi connectivity index (χ1n) is 11.4. The SMILES string of the molecule is CC(C)(C)OC(=O)N1CC(C=O)C1.CN1CCN(Sc2cccc3c(OC(F)F)nccc23)CC1. The van der Waals surface area contributed by atoms with Crippen LogP contribution in [0.15, 0.2) is 35.4 Å². The summed E-state index contributed by atoms with van der Waals surface area (Å²) in [6.07, 6.45) is 2.06. The van der Waals surface area contributed by atoms with E-state index < -0.39 is 12.2 Å². The molecule has 3 heterocycles. The fourth-order valence-corrected chi connectivity index (χ4v) is 4.54. The van der Waals surface area contributed by atoms with Crippen LogP contribution in [0.25, 0.3) is 10.8 Å². The zero-order chi connectivity index (χ0) is 25.6. The summed E-state index contributed by atoms with van der Waals surface area (Å²) in [7, 11) is 2.11. The van der Waals surface area contributed by atoms with Gasteiger partial charge in [0.2, 0.25) is 5.88 Å². The van der Waals surface area contributed by atoms with Crippen molar-refractivity contribution in [3.8, 4) is 5.88 Å². The number of fused-ring (bicyclic) bond motifs is 1. The van der Waals surface area contributed by atoms with Crippen molar-refractivity contribution in [3.05, 3.63) is 30.5 Å². The Morgan fingerprint density at radius 3 is 2.43 bits per heavy atom. The predicted octanol–water partition coefficient (Wildman–Crippen LogP) is 4.14. The smallest absolute Gasteiger partial charge is 0.410 e. The zero-order valence-corrected chi connectivity index (χ0v) is 21.3. The Kier molecular flexibility index (Phi) is 9.26. The number of hydrogen-bond acceptors (Lipinski definition) is 8. The number of likely N-dealkylation sites (N-methyl/N-ethyl adjacent to an activating group) is 1. The normalized spacial score (nSPS) is 17.5. The van der Waals surface area contributed by atoms with Gasteiger partial charge in [-0.05, 0) is 58.0 Å². The van der Waals surface area contributed by atoms with Gasteiger partial charge < -0.3 is 24.1 Å². The van der Waals surface area contributed by atoms with Crippen molar-refractivity contribution < 1.29 is 27.8 Å². The number of benzene rings is 1. The number of likely N-dealkylation sites (tertiary alicyclic amines) is 1. The number of carbonyl (C=O) groups excluding carboxylic acids is 2. The minimum Gasteiger partial charge on any atom is -0.444 e. The predicted molar refractivity (Wildman–Crippen MR) is 131 cm³/mol. The van der Waals surface area contributed by atoms with Crippen LogP contribution in [-0.4, -0.2) is 90.0 Å². The number of pyridine rings is 1. The molecule has 2 saturated heterocycles. The number of aldehydes is 1. The summed E-state index contributed by atoms with van der Waals surface area (Å²) < 4.78 is 36.9. The Bertz CT molecular complexity index is 1010. The third kappa shape index (κ3) is 8.01. The van der Waals surface area contributed by atoms with Gasteiger partial charge in [0, 0.05) is 61.1 Å². The number of amides is 1. The van der Waals surface area contributed by atoms with E-state index in [0.29, 0.717) is 18.5 Å². The van der Waals surface area contributed by atoms with E-state index in [1.54, 1.807) is 18.0 Å². The number of halogens is 2. The molecule has 4 rings (SSSR count). The average Bonchev–Trinajstić information content (AvgIpc) is 2.74. The molecule has 1 amide bonds. The number of ether oxygens (including phenoxy) is 2. The van der Waals surface area contributed by atoms with Crippen LogP contribution in [0, 0.1) is 5.92 Å². The van der Waals surface area contributed by atoms with E-state index in [1.165, 1.54) is 11.1 Å². The number of aromatic nitrogens is 1. The Hall–Kier alpha value is -2.50. The van der Waals surface area contributed by atoms with Crippen LogP contribution in [0.5, 0.6) is 5.88 Å². The van der Waals surface area contributed by atoms with E-state index in [9.17, 15) is 18.4 Å². The maximum atomic E-state index is 12.5. The lowest BCUT2D eigenvalue weighted by atomic mass is 10.0. The highest BCUT2D eigenvalue weighted by molar-refractivity contribution is 7.97. The van der Waals surface area contributed by atoms with Crippen LogP contribution in [-0.2, 0) is 9.53 Å². The number of carbonyl (C=O) groups is 2. The molecule has 0 atom stereocenters. The summed E-state index contributed by atoms with van der Waals surface area (Å²) >= 11 is 1.66. The van der Waals surface area contributed by atoms with Gasteiger partial charge in [-0.3, -0.25) is 0 Å². The summed E-state index contributed by atoms with van der Waals surface area (Å²) in [6, 6.07) is 7.44. The number of hydrogen-bond donors (Lipinski definition) is 0. The molecular formula is C24H32F2N4O4S. The van der Waals surface area contributed by atoms with E-state index in [1.807, 2.05) is 39.0 Å². The van der Waals surface area contributed by atoms with E-state index in [4.69, 9.17) is 4.74 Å². The minimum atomic E-state index is -2.87. The van der Waals surface area contributed by atoms with Crippen molar-refractivity contribution >= 4 is 35.1 Å². The van der Waals surface area contributed by atoms with Gasteiger partial charge in [0.05, 0.1) is 5.92 Å². The quantitative estimate of drug-likeness (QED) is 0.439. The first-order valence-corrected chi connectivity index (χ1v) is 12.2. The van der Waals surface area contributed by atoms with E-state index in [-0.39, 0.29) is 17.9 Å². The Labute approximate surface area is 208 Å². The lowest BCUT2D eigenvalue weighted by Gasteiger charge is -2.36. The van der Waals surface area contributed by atoms with Crippen LogP contribution >= 0.6 is 11.9 Å². The van der Waals surface area contributed by atoms with Gasteiger partial charge in [-0.2, -0.15) is 8.78 Å². The molecular weight excluding hydrogens is 478 g/mol. The Morgan fingerprint density at radius 1 is 1.14 bits per heavy atom. The second kappa shape index (κ2) is 12.0. The summed E-state index contributed by atoms with van der Waals surface area (Å²) in [5, 5.41) is 1.50. The Morgan fingerprint density at radius 2 is 1.83 bits per heavy atom. The molecule has 1 aromatic carbocycles. The number of piperazine rings is 1. The highest BCUT2D eigenvalue weighted by Crippen LogP contribution is 2.34. The molecule has 8 nitrogen and oxygen atoms in total. The molecule has 2 aromatic rings. The molecule has 0 unspecified atom stereocenters. The maximum absolute atomic E-state index is 12.5. The van der Waals surface area contributed by atoms with Gasteiger partial charge in [0.15, 0.2) is 0 Å². The number of rotatable bonds is 5. The molecule has 11 heteroatoms. The fraction of sp³-hybridized carbons (Fsp3) is 0.542. The highest BCUT2D eigenvalue weighted by atomic mass is 32.2. The average molecular weight is 511 g/mol. The van der Waals surface area contributed by atoms with Gasteiger partial charge in [0.25, 0.3) is 0 Å². The maximum Gasteiger partial charge on any atom is 0.410 e. The second-order valence-electron chi connectivity index (χ2n) is 9.45. The number of alkyl halides is 2. The van der Waals surface area contributed by atoms with Crippen LogP contribution in [0.1, 0.15) is 20.8 Å². The largest absolute Gasteiger partial charge is 0.444 e. The minimum absolute atomic E-state index is 0.00696. The molecule has 35 heavy (non-hydrogen) atoms. The van der Waals surface area contributed by atoms with E-state index >= 15 is 0 Å². The first kappa shape index (κ1) is 27.1. The lowest BCUT2D eigenvalue weighted by molar-refractivity contribution is -0.115. The van der Waals surface area contributed by atoms with E-state index in [2.05, 4.69) is 26.0 Å². The molecule has 0 saturated carbocycles. The molecule has 0 spiro atoms. The fourth-order valence-electron chi connectivity index (χ4n) is 3.50. The third-order valence-corrected chi connectivity index (χ3v) is 6.55. The van der Waals surface area contributed by atoms with Crippen LogP contribution in [0.3, 0.4) is 0 Å². The molecule has 0 aliphatic carbocycles. The van der Waals surface area contributed by atoms with Crippen molar-refractivity contribution in [2.24, 2.45) is 5.92 Å². The molecule has 0 radical (unpaired) electrons. The van der Waals surface area contributed by atoms with Crippen molar-refractivity contribution in [2.45, 2.75) is 37.9 Å². The van der Waals surface area contributed by atoms with Crippen molar-refractivity contribution in [3.63, 3.8) is 0 Å². The summed E-state index contributed by atoms with van der Waals surface area (Å²) in [5.74, 6) is -0.0131. The molecule has 192 valence electrons. The first-order chi connectivity index (χ1) is 16.6. The molecule has 2 aliphatic rings. The summed E-state index contributed by atoms with van der Waals surface area (Å²) in [4.78, 5) is 30.3. The van der Waals surface area contributed by atoms with Crippen LogP contribution in [0.4, 0.5) is 13.6 Å². The lowest BCUT2D eigenvalue weighted by Crippen LogP contribution is -2.52. The summed E-state index contributed by atoms with van der Waals surface area (Å²) in [5.41, 5.74) is -0.455. The summed E-state index contributed by atoms with van der Waals surface area (Å²) in [6.45, 7) is 7.60. The third-order valence-electron chi connectivity index (χ3n) is 5.37. The van der Waals surface area contributed by atoms with Gasteiger partial charge in [-0.25, -0.2) is 14.1 Å². The molecule has 0 bridgehead atoms. The highest BCUT2D eigenvalue weighted by Gasteiger charge is 2.33. The van der Waals surface area contributed by atoms with Crippen molar-refractivity contribution in [2.75, 3.05) is 46.3 Å².